The van der Waals surface area contributed by atoms with Gasteiger partial charge in [-0.2, -0.15) is 0 Å². The molecule has 168 valence electrons. The lowest BCUT2D eigenvalue weighted by molar-refractivity contribution is -0.143. The van der Waals surface area contributed by atoms with Crippen LogP contribution in [-0.4, -0.2) is 29.1 Å². The molecule has 0 aliphatic carbocycles. The number of fused-ring (bicyclic) bond motifs is 1. The van der Waals surface area contributed by atoms with Crippen molar-refractivity contribution in [2.45, 2.75) is 25.5 Å². The molecular formula is C28H27NO3S. The van der Waals surface area contributed by atoms with Gasteiger partial charge in [0.1, 0.15) is 12.4 Å². The highest BCUT2D eigenvalue weighted by atomic mass is 32.1. The standard InChI is InChI=1S/C28H27NO3S/c30-28(31)21-13-15-29(16-14-21)27(25-19-33-26-12-5-4-11-24(25)26)22-9-6-10-23(17-22)32-18-20-7-2-1-3-8-20/h1-12,17,19,21,27H,13-16,18H2,(H,30,31). The summed E-state index contributed by atoms with van der Waals surface area (Å²) in [6, 6.07) is 27.1. The van der Waals surface area contributed by atoms with Gasteiger partial charge in [0.25, 0.3) is 0 Å². The first-order valence-electron chi connectivity index (χ1n) is 11.4. The molecule has 5 heteroatoms. The Morgan fingerprint density at radius 3 is 2.55 bits per heavy atom. The monoisotopic (exact) mass is 457 g/mol. The van der Waals surface area contributed by atoms with E-state index in [1.807, 2.05) is 24.3 Å². The Bertz CT molecular complexity index is 1230. The minimum atomic E-state index is -0.677. The van der Waals surface area contributed by atoms with Gasteiger partial charge in [-0.3, -0.25) is 9.69 Å². The second-order valence-corrected chi connectivity index (χ2v) is 9.50. The second-order valence-electron chi connectivity index (χ2n) is 8.58. The smallest absolute Gasteiger partial charge is 0.306 e. The summed E-state index contributed by atoms with van der Waals surface area (Å²) in [6.45, 7) is 2.06. The van der Waals surface area contributed by atoms with Crippen LogP contribution < -0.4 is 4.74 Å². The zero-order valence-corrected chi connectivity index (χ0v) is 19.2. The van der Waals surface area contributed by atoms with Crippen LogP contribution >= 0.6 is 11.3 Å². The van der Waals surface area contributed by atoms with Crippen molar-refractivity contribution in [3.05, 3.63) is 101 Å². The fourth-order valence-corrected chi connectivity index (χ4v) is 5.70. The van der Waals surface area contributed by atoms with E-state index in [4.69, 9.17) is 4.74 Å². The molecule has 1 aromatic heterocycles. The highest BCUT2D eigenvalue weighted by molar-refractivity contribution is 7.17. The van der Waals surface area contributed by atoms with Crippen molar-refractivity contribution >= 4 is 27.4 Å². The van der Waals surface area contributed by atoms with E-state index in [-0.39, 0.29) is 12.0 Å². The van der Waals surface area contributed by atoms with E-state index in [0.29, 0.717) is 19.4 Å². The maximum atomic E-state index is 11.5. The van der Waals surface area contributed by atoms with Gasteiger partial charge in [-0.05, 0) is 71.6 Å². The third-order valence-electron chi connectivity index (χ3n) is 6.47. The number of aliphatic carboxylic acids is 1. The molecule has 1 atom stereocenters. The number of carboxylic acids is 1. The summed E-state index contributed by atoms with van der Waals surface area (Å²) < 4.78 is 7.40. The molecule has 0 amide bonds. The number of benzene rings is 3. The van der Waals surface area contributed by atoms with Gasteiger partial charge in [0, 0.05) is 4.70 Å². The van der Waals surface area contributed by atoms with Crippen LogP contribution in [0.3, 0.4) is 0 Å². The minimum absolute atomic E-state index is 0.0659. The van der Waals surface area contributed by atoms with Crippen molar-refractivity contribution < 1.29 is 14.6 Å². The van der Waals surface area contributed by atoms with Crippen LogP contribution in [0, 0.1) is 5.92 Å². The Morgan fingerprint density at radius 1 is 1.00 bits per heavy atom. The van der Waals surface area contributed by atoms with Crippen LogP contribution in [0.2, 0.25) is 0 Å². The molecule has 0 bridgehead atoms. The van der Waals surface area contributed by atoms with Crippen LogP contribution in [0.15, 0.2) is 84.2 Å². The molecule has 1 unspecified atom stereocenters. The highest BCUT2D eigenvalue weighted by Gasteiger charge is 2.31. The molecular weight excluding hydrogens is 430 g/mol. The van der Waals surface area contributed by atoms with Crippen molar-refractivity contribution in [3.63, 3.8) is 0 Å². The van der Waals surface area contributed by atoms with Crippen LogP contribution in [0.5, 0.6) is 5.75 Å². The van der Waals surface area contributed by atoms with E-state index in [9.17, 15) is 9.90 Å². The maximum Gasteiger partial charge on any atom is 0.306 e. The molecule has 0 spiro atoms. The molecule has 0 saturated carbocycles. The Morgan fingerprint density at radius 2 is 1.76 bits per heavy atom. The van der Waals surface area contributed by atoms with E-state index in [1.54, 1.807) is 11.3 Å². The predicted octanol–water partition coefficient (Wildman–Crippen LogP) is 6.37. The molecule has 1 fully saturated rings. The summed E-state index contributed by atoms with van der Waals surface area (Å²) in [5.41, 5.74) is 3.60. The van der Waals surface area contributed by atoms with Crippen LogP contribution in [0.25, 0.3) is 10.1 Å². The van der Waals surface area contributed by atoms with Gasteiger partial charge < -0.3 is 9.84 Å². The Kier molecular flexibility index (Phi) is 6.42. The second kappa shape index (κ2) is 9.77. The number of piperidine rings is 1. The van der Waals surface area contributed by atoms with E-state index in [0.717, 1.165) is 24.4 Å². The zero-order valence-electron chi connectivity index (χ0n) is 18.4. The minimum Gasteiger partial charge on any atom is -0.489 e. The summed E-state index contributed by atoms with van der Waals surface area (Å²) in [5, 5.41) is 13.0. The lowest BCUT2D eigenvalue weighted by Gasteiger charge is -2.37. The van der Waals surface area contributed by atoms with E-state index in [2.05, 4.69) is 64.9 Å². The first-order valence-corrected chi connectivity index (χ1v) is 12.3. The van der Waals surface area contributed by atoms with Gasteiger partial charge in [0.15, 0.2) is 0 Å². The largest absolute Gasteiger partial charge is 0.489 e. The number of hydrogen-bond acceptors (Lipinski definition) is 4. The number of ether oxygens (including phenoxy) is 1. The summed E-state index contributed by atoms with van der Waals surface area (Å²) >= 11 is 1.77. The zero-order chi connectivity index (χ0) is 22.6. The first kappa shape index (κ1) is 21.7. The SMILES string of the molecule is O=C(O)C1CCN(C(c2cccc(OCc3ccccc3)c2)c2csc3ccccc23)CC1. The normalized spacial score (nSPS) is 16.0. The van der Waals surface area contributed by atoms with E-state index in [1.165, 1.54) is 21.2 Å². The van der Waals surface area contributed by atoms with Crippen molar-refractivity contribution in [1.29, 1.82) is 0 Å². The third-order valence-corrected chi connectivity index (χ3v) is 7.45. The molecule has 1 aliphatic rings. The Balaban J connectivity index is 1.46. The molecule has 0 radical (unpaired) electrons. The van der Waals surface area contributed by atoms with Crippen molar-refractivity contribution in [3.8, 4) is 5.75 Å². The average molecular weight is 458 g/mol. The van der Waals surface area contributed by atoms with Crippen LogP contribution in [0.1, 0.15) is 35.6 Å². The lowest BCUT2D eigenvalue weighted by atomic mass is 9.91. The predicted molar refractivity (Wildman–Crippen MR) is 133 cm³/mol. The highest BCUT2D eigenvalue weighted by Crippen LogP contribution is 2.39. The quantitative estimate of drug-likeness (QED) is 0.350. The molecule has 5 rings (SSSR count). The number of hydrogen-bond donors (Lipinski definition) is 1. The number of nitrogens with zero attached hydrogens (tertiary/aromatic N) is 1. The summed E-state index contributed by atoms with van der Waals surface area (Å²) in [4.78, 5) is 13.9. The Labute approximate surface area is 198 Å². The molecule has 4 nitrogen and oxygen atoms in total. The van der Waals surface area contributed by atoms with Crippen molar-refractivity contribution in [2.24, 2.45) is 5.92 Å². The van der Waals surface area contributed by atoms with E-state index < -0.39 is 5.97 Å². The van der Waals surface area contributed by atoms with Gasteiger partial charge in [0.2, 0.25) is 0 Å². The number of likely N-dealkylation sites (tertiary alicyclic amines) is 1. The number of carboxylic acid groups (broad SMARTS) is 1. The molecule has 1 aliphatic heterocycles. The molecule has 1 N–H and O–H groups in total. The lowest BCUT2D eigenvalue weighted by Crippen LogP contribution is -2.39. The van der Waals surface area contributed by atoms with Crippen molar-refractivity contribution in [2.75, 3.05) is 13.1 Å². The van der Waals surface area contributed by atoms with Gasteiger partial charge in [-0.1, -0.05) is 60.7 Å². The average Bonchev–Trinajstić information content (AvgIpc) is 3.28. The van der Waals surface area contributed by atoms with Gasteiger partial charge >= 0.3 is 5.97 Å². The topological polar surface area (TPSA) is 49.8 Å². The van der Waals surface area contributed by atoms with Gasteiger partial charge in [0.05, 0.1) is 12.0 Å². The van der Waals surface area contributed by atoms with Crippen molar-refractivity contribution in [1.82, 2.24) is 4.90 Å². The van der Waals surface area contributed by atoms with Crippen LogP contribution in [-0.2, 0) is 11.4 Å². The summed E-state index contributed by atoms with van der Waals surface area (Å²) in [6.07, 6.45) is 1.36. The number of carbonyl (C=O) groups is 1. The molecule has 1 saturated heterocycles. The third kappa shape index (κ3) is 4.80. The number of thiophene rings is 1. The van der Waals surface area contributed by atoms with Crippen LogP contribution in [0.4, 0.5) is 0 Å². The first-order chi connectivity index (χ1) is 16.2. The molecule has 4 aromatic rings. The maximum absolute atomic E-state index is 11.5. The Hall–Kier alpha value is -3.15. The molecule has 33 heavy (non-hydrogen) atoms. The number of rotatable bonds is 7. The fourth-order valence-electron chi connectivity index (χ4n) is 4.72. The fraction of sp³-hybridized carbons (Fsp3) is 0.250. The molecule has 2 heterocycles. The van der Waals surface area contributed by atoms with Gasteiger partial charge in [-0.25, -0.2) is 0 Å². The molecule has 3 aromatic carbocycles. The van der Waals surface area contributed by atoms with Gasteiger partial charge in [-0.15, -0.1) is 11.3 Å². The van der Waals surface area contributed by atoms with E-state index >= 15 is 0 Å². The summed E-state index contributed by atoms with van der Waals surface area (Å²) in [5.74, 6) is -0.0774. The summed E-state index contributed by atoms with van der Waals surface area (Å²) in [7, 11) is 0.